The van der Waals surface area contributed by atoms with Crippen LogP contribution in [0.3, 0.4) is 0 Å². The van der Waals surface area contributed by atoms with Crippen LogP contribution in [0.15, 0.2) is 0 Å². The summed E-state index contributed by atoms with van der Waals surface area (Å²) in [6.07, 6.45) is 28.8. The second-order valence-corrected chi connectivity index (χ2v) is 10.4. The van der Waals surface area contributed by atoms with E-state index in [4.69, 9.17) is 4.74 Å². The Morgan fingerprint density at radius 3 is 1.28 bits per heavy atom. The maximum absolute atomic E-state index is 12.5. The van der Waals surface area contributed by atoms with E-state index in [0.29, 0.717) is 12.5 Å². The molecule has 0 fully saturated rings. The van der Waals surface area contributed by atoms with Gasteiger partial charge in [0, 0.05) is 0 Å². The van der Waals surface area contributed by atoms with Gasteiger partial charge < -0.3 is 4.74 Å². The fraction of sp³-hybridized carbons (Fsp3) is 0.967. The van der Waals surface area contributed by atoms with Crippen molar-refractivity contribution in [2.45, 2.75) is 169 Å². The highest BCUT2D eigenvalue weighted by Crippen LogP contribution is 2.21. The molecule has 0 aromatic rings. The molecule has 2 unspecified atom stereocenters. The van der Waals surface area contributed by atoms with Gasteiger partial charge in [0.15, 0.2) is 0 Å². The molecule has 0 amide bonds. The molecule has 192 valence electrons. The van der Waals surface area contributed by atoms with Crippen molar-refractivity contribution in [3.63, 3.8) is 0 Å². The molecule has 0 aliphatic carbocycles. The molecule has 0 bridgehead atoms. The minimum atomic E-state index is 0.0477. The van der Waals surface area contributed by atoms with Crippen LogP contribution >= 0.6 is 0 Å². The minimum Gasteiger partial charge on any atom is -0.465 e. The Bertz CT molecular complexity index is 379. The lowest BCUT2D eigenvalue weighted by Gasteiger charge is -2.19. The number of esters is 1. The molecule has 0 aliphatic heterocycles. The van der Waals surface area contributed by atoms with E-state index in [1.807, 2.05) is 0 Å². The smallest absolute Gasteiger partial charge is 0.308 e. The Kier molecular flexibility index (Phi) is 24.7. The zero-order chi connectivity index (χ0) is 23.7. The predicted octanol–water partition coefficient (Wildman–Crippen LogP) is 10.4. The van der Waals surface area contributed by atoms with Crippen LogP contribution in [0.25, 0.3) is 0 Å². The van der Waals surface area contributed by atoms with Crippen molar-refractivity contribution in [1.82, 2.24) is 0 Å². The van der Waals surface area contributed by atoms with Crippen molar-refractivity contribution in [2.24, 2.45) is 11.8 Å². The van der Waals surface area contributed by atoms with E-state index in [1.54, 1.807) is 0 Å². The highest BCUT2D eigenvalue weighted by atomic mass is 16.5. The number of rotatable bonds is 25. The first-order chi connectivity index (χ1) is 15.7. The summed E-state index contributed by atoms with van der Waals surface area (Å²) in [4.78, 5) is 12.5. The molecule has 32 heavy (non-hydrogen) atoms. The third-order valence-corrected chi connectivity index (χ3v) is 7.04. The number of ether oxygens (including phenoxy) is 1. The summed E-state index contributed by atoms with van der Waals surface area (Å²) in [5.41, 5.74) is 0. The normalized spacial score (nSPS) is 13.2. The zero-order valence-electron chi connectivity index (χ0n) is 22.7. The standard InChI is InChI=1S/C30H60O2/c1-5-8-11-14-16-19-21-24-28(4)30(31)32-27-29(25-22-18-13-10-7-3)26-23-20-17-15-12-9-6-2/h28-29H,5-27H2,1-4H3. The van der Waals surface area contributed by atoms with Crippen LogP contribution in [0.4, 0.5) is 0 Å². The maximum atomic E-state index is 12.5. The van der Waals surface area contributed by atoms with Crippen LogP contribution in [-0.2, 0) is 9.53 Å². The Labute approximate surface area is 203 Å². The predicted molar refractivity (Wildman–Crippen MR) is 142 cm³/mol. The van der Waals surface area contributed by atoms with E-state index in [2.05, 4.69) is 27.7 Å². The lowest BCUT2D eigenvalue weighted by atomic mass is 9.94. The number of unbranched alkanes of at least 4 members (excludes halogenated alkanes) is 16. The van der Waals surface area contributed by atoms with E-state index in [-0.39, 0.29) is 11.9 Å². The van der Waals surface area contributed by atoms with Crippen LogP contribution in [0.2, 0.25) is 0 Å². The molecule has 0 spiro atoms. The first-order valence-corrected chi connectivity index (χ1v) is 14.8. The number of hydrogen-bond acceptors (Lipinski definition) is 2. The van der Waals surface area contributed by atoms with Crippen molar-refractivity contribution >= 4 is 5.97 Å². The molecule has 0 aromatic carbocycles. The van der Waals surface area contributed by atoms with Gasteiger partial charge in [-0.05, 0) is 25.2 Å². The maximum Gasteiger partial charge on any atom is 0.308 e. The lowest BCUT2D eigenvalue weighted by Crippen LogP contribution is -2.20. The minimum absolute atomic E-state index is 0.0477. The molecule has 0 N–H and O–H groups in total. The van der Waals surface area contributed by atoms with Gasteiger partial charge in [0.25, 0.3) is 0 Å². The van der Waals surface area contributed by atoms with Crippen LogP contribution < -0.4 is 0 Å². The van der Waals surface area contributed by atoms with Gasteiger partial charge in [-0.15, -0.1) is 0 Å². The summed E-state index contributed by atoms with van der Waals surface area (Å²) in [6, 6.07) is 0. The molecule has 0 saturated carbocycles. The van der Waals surface area contributed by atoms with Crippen LogP contribution in [0.5, 0.6) is 0 Å². The third-order valence-electron chi connectivity index (χ3n) is 7.04. The summed E-state index contributed by atoms with van der Waals surface area (Å²) in [5, 5.41) is 0. The van der Waals surface area contributed by atoms with Gasteiger partial charge in [-0.2, -0.15) is 0 Å². The molecule has 0 rings (SSSR count). The van der Waals surface area contributed by atoms with Crippen LogP contribution in [-0.4, -0.2) is 12.6 Å². The fourth-order valence-electron chi connectivity index (χ4n) is 4.61. The van der Waals surface area contributed by atoms with Gasteiger partial charge in [0.1, 0.15) is 0 Å². The molecule has 0 aliphatic rings. The SMILES string of the molecule is CCCCCCCCCC(CCCCCCC)COC(=O)C(C)CCCCCCCCC. The number of hydrogen-bond donors (Lipinski definition) is 0. The second kappa shape index (κ2) is 25.1. The summed E-state index contributed by atoms with van der Waals surface area (Å²) in [6.45, 7) is 9.54. The fourth-order valence-corrected chi connectivity index (χ4v) is 4.61. The van der Waals surface area contributed by atoms with Crippen molar-refractivity contribution in [2.75, 3.05) is 6.61 Å². The quantitative estimate of drug-likeness (QED) is 0.102. The average molecular weight is 453 g/mol. The molecule has 2 nitrogen and oxygen atoms in total. The Balaban J connectivity index is 4.08. The van der Waals surface area contributed by atoms with Gasteiger partial charge in [0.2, 0.25) is 0 Å². The zero-order valence-corrected chi connectivity index (χ0v) is 22.7. The molecular weight excluding hydrogens is 392 g/mol. The Hall–Kier alpha value is -0.530. The van der Waals surface area contributed by atoms with Gasteiger partial charge in [-0.3, -0.25) is 4.79 Å². The van der Waals surface area contributed by atoms with Crippen LogP contribution in [0.1, 0.15) is 169 Å². The highest BCUT2D eigenvalue weighted by molar-refractivity contribution is 5.71. The average Bonchev–Trinajstić information content (AvgIpc) is 2.80. The van der Waals surface area contributed by atoms with Crippen molar-refractivity contribution < 1.29 is 9.53 Å². The molecular formula is C30H60O2. The number of carbonyl (C=O) groups is 1. The van der Waals surface area contributed by atoms with Crippen LogP contribution in [0, 0.1) is 11.8 Å². The molecule has 0 saturated heterocycles. The first kappa shape index (κ1) is 31.5. The van der Waals surface area contributed by atoms with Crippen molar-refractivity contribution in [3.05, 3.63) is 0 Å². The Morgan fingerprint density at radius 1 is 0.531 bits per heavy atom. The molecule has 2 atom stereocenters. The van der Waals surface area contributed by atoms with Gasteiger partial charge >= 0.3 is 5.97 Å². The van der Waals surface area contributed by atoms with Crippen molar-refractivity contribution in [3.8, 4) is 0 Å². The summed E-state index contributed by atoms with van der Waals surface area (Å²) in [5.74, 6) is 0.683. The van der Waals surface area contributed by atoms with E-state index in [1.165, 1.54) is 135 Å². The van der Waals surface area contributed by atoms with Gasteiger partial charge in [0.05, 0.1) is 12.5 Å². The molecule has 0 heterocycles. The largest absolute Gasteiger partial charge is 0.465 e. The summed E-state index contributed by atoms with van der Waals surface area (Å²) >= 11 is 0. The molecule has 0 aromatic heterocycles. The van der Waals surface area contributed by atoms with E-state index in [9.17, 15) is 4.79 Å². The van der Waals surface area contributed by atoms with E-state index in [0.717, 1.165) is 6.42 Å². The van der Waals surface area contributed by atoms with E-state index >= 15 is 0 Å². The van der Waals surface area contributed by atoms with Gasteiger partial charge in [-0.25, -0.2) is 0 Å². The third kappa shape index (κ3) is 21.3. The lowest BCUT2D eigenvalue weighted by molar-refractivity contribution is -0.149. The van der Waals surface area contributed by atoms with Crippen molar-refractivity contribution in [1.29, 1.82) is 0 Å². The number of carbonyl (C=O) groups excluding carboxylic acids is 1. The summed E-state index contributed by atoms with van der Waals surface area (Å²) in [7, 11) is 0. The highest BCUT2D eigenvalue weighted by Gasteiger charge is 2.17. The molecule has 0 radical (unpaired) electrons. The molecule has 2 heteroatoms. The topological polar surface area (TPSA) is 26.3 Å². The Morgan fingerprint density at radius 2 is 0.875 bits per heavy atom. The van der Waals surface area contributed by atoms with E-state index < -0.39 is 0 Å². The summed E-state index contributed by atoms with van der Waals surface area (Å²) < 4.78 is 5.83. The second-order valence-electron chi connectivity index (χ2n) is 10.4. The monoisotopic (exact) mass is 452 g/mol. The van der Waals surface area contributed by atoms with Gasteiger partial charge in [-0.1, -0.05) is 150 Å². The first-order valence-electron chi connectivity index (χ1n) is 14.8.